The number of hydrogen-bond acceptors (Lipinski definition) is 2. The van der Waals surface area contributed by atoms with Gasteiger partial charge in [-0.05, 0) is 7.47 Å². The van der Waals surface area contributed by atoms with Crippen molar-refractivity contribution in [3.63, 3.8) is 0 Å². The Morgan fingerprint density at radius 1 is 1.57 bits per heavy atom. The molecule has 0 heterocycles. The van der Waals surface area contributed by atoms with Gasteiger partial charge < -0.3 is 14.4 Å². The fraction of sp³-hybridized carbons (Fsp3) is 0. The summed E-state index contributed by atoms with van der Waals surface area (Å²) in [5, 5.41) is 0. The van der Waals surface area contributed by atoms with Gasteiger partial charge in [0.1, 0.15) is 0 Å². The van der Waals surface area contributed by atoms with Gasteiger partial charge >= 0.3 is 103 Å². The zero-order chi connectivity index (χ0) is 4.50. The quantitative estimate of drug-likeness (QED) is 0.291. The van der Waals surface area contributed by atoms with Gasteiger partial charge in [-0.3, -0.25) is 0 Å². The van der Waals surface area contributed by atoms with Crippen molar-refractivity contribution in [2.24, 2.45) is 0 Å². The molecule has 0 aliphatic carbocycles. The van der Waals surface area contributed by atoms with Gasteiger partial charge in [0, 0.05) is 7.57 Å². The molecule has 0 fully saturated rings. The maximum absolute atomic E-state index is 9.33. The van der Waals surface area contributed by atoms with Crippen LogP contribution in [0, 0.1) is 0 Å². The van der Waals surface area contributed by atoms with E-state index in [1.54, 1.807) is 0 Å². The van der Waals surface area contributed by atoms with E-state index >= 15 is 0 Å². The van der Waals surface area contributed by atoms with E-state index in [4.69, 9.17) is 4.89 Å². The van der Waals surface area contributed by atoms with E-state index in [0.717, 1.165) is 0 Å². The molecule has 0 rings (SSSR count). The van der Waals surface area contributed by atoms with Crippen molar-refractivity contribution in [2.45, 2.75) is 0 Å². The van der Waals surface area contributed by atoms with Crippen LogP contribution in [0.2, 0.25) is 0 Å². The van der Waals surface area contributed by atoms with Crippen LogP contribution < -0.4 is 108 Å². The third kappa shape index (κ3) is 43.7. The minimum Gasteiger partial charge on any atom is -0.809 e. The Morgan fingerprint density at radius 3 is 1.57 bits per heavy atom. The molecule has 0 spiro atoms. The van der Waals surface area contributed by atoms with Gasteiger partial charge in [0.15, 0.2) is 0 Å². The Morgan fingerprint density at radius 2 is 1.57 bits per heavy atom. The van der Waals surface area contributed by atoms with Gasteiger partial charge in [-0.25, -0.2) is 0 Å². The third-order valence-corrected chi connectivity index (χ3v) is 0. The Balaban J connectivity index is -0.0000000800. The average Bonchev–Trinajstić information content (AvgIpc) is 0.722. The van der Waals surface area contributed by atoms with Crippen LogP contribution in [0.5, 0.6) is 0 Å². The van der Waals surface area contributed by atoms with Crippen LogP contribution in [0.4, 0.5) is 0 Å². The van der Waals surface area contributed by atoms with Crippen molar-refractivity contribution < 1.29 is 117 Å². The van der Waals surface area contributed by atoms with Crippen molar-refractivity contribution in [3.8, 4) is 0 Å². The molecule has 0 radical (unpaired) electrons. The van der Waals surface area contributed by atoms with Gasteiger partial charge in [-0.2, -0.15) is 0 Å². The Hall–Kier alpha value is 3.49. The van der Waals surface area contributed by atoms with Crippen molar-refractivity contribution in [3.05, 3.63) is 0 Å². The largest absolute Gasteiger partial charge is 1.00 e. The second-order valence-electron chi connectivity index (χ2n) is 0.238. The predicted octanol–water partition coefficient (Wildman–Crippen LogP) is -8.18. The van der Waals surface area contributed by atoms with Crippen LogP contribution >= 0.6 is 7.47 Å². The molecule has 0 aromatic carbocycles. The number of hydrogen-bond donors (Lipinski definition) is 1. The van der Waals surface area contributed by atoms with Gasteiger partial charge in [-0.15, -0.1) is 0 Å². The minimum atomic E-state index is -3.64. The minimum absolute atomic E-state index is 0. The van der Waals surface area contributed by atoms with E-state index in [1.807, 2.05) is 0 Å². The molecule has 1 unspecified atom stereocenters. The van der Waals surface area contributed by atoms with Gasteiger partial charge in [0.05, 0.1) is 0 Å². The smallest absolute Gasteiger partial charge is 0.809 e. The van der Waals surface area contributed by atoms with Crippen LogP contribution in [-0.4, -0.2) is 12.5 Å². The van der Waals surface area contributed by atoms with E-state index in [-0.39, 0.29) is 103 Å². The monoisotopic (exact) mass is 172 g/mol. The molecular weight excluding hydrogens is 168 g/mol. The summed E-state index contributed by atoms with van der Waals surface area (Å²) in [5.74, 6) is 0. The first kappa shape index (κ1) is 16.8. The van der Waals surface area contributed by atoms with E-state index in [0.29, 0.717) is 0 Å². The van der Waals surface area contributed by atoms with Gasteiger partial charge in [0.25, 0.3) is 0 Å². The molecule has 32 valence electrons. The molecular formula is H4BK2O3P. The normalized spacial score (nSPS) is 15.3. The number of rotatable bonds is 0. The second-order valence-corrected chi connectivity index (χ2v) is 0.714. The van der Waals surface area contributed by atoms with E-state index in [2.05, 4.69) is 0 Å². The molecule has 3 nitrogen and oxygen atoms in total. The van der Waals surface area contributed by atoms with Gasteiger partial charge in [0.2, 0.25) is 0 Å². The van der Waals surface area contributed by atoms with Crippen LogP contribution in [0.25, 0.3) is 0 Å². The van der Waals surface area contributed by atoms with Crippen molar-refractivity contribution in [2.75, 3.05) is 0 Å². The van der Waals surface area contributed by atoms with Crippen LogP contribution in [-0.2, 0) is 4.57 Å². The van der Waals surface area contributed by atoms with Crippen molar-refractivity contribution >= 4 is 15.0 Å². The maximum atomic E-state index is 9.33. The van der Waals surface area contributed by atoms with Crippen LogP contribution in [0.15, 0.2) is 0 Å². The van der Waals surface area contributed by atoms with E-state index < -0.39 is 15.0 Å². The summed E-state index contributed by atoms with van der Waals surface area (Å²) >= 11 is 0. The van der Waals surface area contributed by atoms with Crippen molar-refractivity contribution in [1.82, 2.24) is 0 Å². The van der Waals surface area contributed by atoms with Crippen LogP contribution in [0.1, 0.15) is 0 Å². The topological polar surface area (TPSA) is 60.4 Å². The molecule has 7 heteroatoms. The summed E-state index contributed by atoms with van der Waals surface area (Å²) in [6.07, 6.45) is 0. The molecule has 0 bridgehead atoms. The summed E-state index contributed by atoms with van der Waals surface area (Å²) in [6, 6.07) is 0. The summed E-state index contributed by atoms with van der Waals surface area (Å²) in [6.45, 7) is 0. The molecule has 0 aliphatic heterocycles. The van der Waals surface area contributed by atoms with Crippen molar-refractivity contribution in [1.29, 1.82) is 0 Å². The average molecular weight is 172 g/mol. The molecule has 0 aliphatic rings. The maximum Gasteiger partial charge on any atom is 1.00 e. The summed E-state index contributed by atoms with van der Waals surface area (Å²) < 4.78 is 9.33. The molecule has 0 amide bonds. The Bertz CT molecular complexity index is 59.1. The zero-order valence-electron chi connectivity index (χ0n) is 3.71. The standard InChI is InChI=1S/BH5O3P.2K/c1-5(2,3)4;;/h1H3,(H2,2,3,4);;/q-1;2*+1/p-1. The first-order valence-corrected chi connectivity index (χ1v) is 1.70. The van der Waals surface area contributed by atoms with E-state index in [9.17, 15) is 9.46 Å². The SMILES string of the molecule is [BH3-]P(=O)([O-])O.[K+].[K+]. The van der Waals surface area contributed by atoms with Crippen LogP contribution in [0.3, 0.4) is 0 Å². The fourth-order valence-electron chi connectivity index (χ4n) is 0. The van der Waals surface area contributed by atoms with E-state index in [1.165, 1.54) is 0 Å². The molecule has 1 N–H and O–H groups in total. The third-order valence-electron chi connectivity index (χ3n) is 0. The first-order valence-electron chi connectivity index (χ1n) is 0.565. The Labute approximate surface area is 128 Å². The molecule has 1 atom stereocenters. The fourth-order valence-corrected chi connectivity index (χ4v) is 0. The summed E-state index contributed by atoms with van der Waals surface area (Å²) in [4.78, 5) is 17.0. The molecule has 0 saturated carbocycles. The zero-order valence-corrected chi connectivity index (χ0v) is 10.9. The second kappa shape index (κ2) is 7.59. The molecule has 0 saturated heterocycles. The summed E-state index contributed by atoms with van der Waals surface area (Å²) in [5.41, 5.74) is 0. The summed E-state index contributed by atoms with van der Waals surface area (Å²) in [7, 11) is -4.48. The molecule has 7 heavy (non-hydrogen) atoms. The first-order chi connectivity index (χ1) is 2.00. The molecule has 0 aromatic heterocycles. The predicted molar refractivity (Wildman–Crippen MR) is 19.8 cm³/mol. The molecule has 0 aromatic rings. The Kier molecular flexibility index (Phi) is 18.3. The van der Waals surface area contributed by atoms with Gasteiger partial charge in [-0.1, -0.05) is 0 Å².